The average Bonchev–Trinajstić information content (AvgIpc) is 3.48. The third kappa shape index (κ3) is 3.37. The highest BCUT2D eigenvalue weighted by molar-refractivity contribution is 6.35. The second-order valence-electron chi connectivity index (χ2n) is 8.78. The zero-order valence-electron chi connectivity index (χ0n) is 18.4. The van der Waals surface area contributed by atoms with Crippen molar-refractivity contribution in [3.05, 3.63) is 75.6 Å². The normalized spacial score (nSPS) is 13.6. The summed E-state index contributed by atoms with van der Waals surface area (Å²) in [4.78, 5) is 21.3. The number of nitrogens with zero attached hydrogens (tertiary/aromatic N) is 7. The van der Waals surface area contributed by atoms with Gasteiger partial charge in [0.1, 0.15) is 6.07 Å². The molecule has 8 nitrogen and oxygen atoms in total. The van der Waals surface area contributed by atoms with Gasteiger partial charge in [-0.15, -0.1) is 0 Å². The summed E-state index contributed by atoms with van der Waals surface area (Å²) in [5.74, 6) is 0.491. The molecule has 4 aromatic heterocycles. The van der Waals surface area contributed by atoms with Crippen LogP contribution in [0.2, 0.25) is 5.02 Å². The second-order valence-corrected chi connectivity index (χ2v) is 9.19. The van der Waals surface area contributed by atoms with Crippen molar-refractivity contribution in [1.82, 2.24) is 28.9 Å². The molecule has 0 saturated heterocycles. The van der Waals surface area contributed by atoms with Crippen LogP contribution in [0.15, 0.2) is 53.7 Å². The standard InChI is InChI=1S/C25H20ClN7O/c1-31-12-16(10-27)9-21(31)23-19-11-29-25(34)32(13-15-5-6-15)24(19)30-33(23)14-17-7-8-28-22-18(17)3-2-4-20(22)26/h2-4,7-9,11-12,15H,5-6,13-14H2,1H3. The van der Waals surface area contributed by atoms with E-state index in [1.807, 2.05) is 46.6 Å². The van der Waals surface area contributed by atoms with E-state index in [2.05, 4.69) is 16.0 Å². The van der Waals surface area contributed by atoms with Gasteiger partial charge in [0.2, 0.25) is 0 Å². The molecule has 1 aliphatic carbocycles. The highest BCUT2D eigenvalue weighted by Gasteiger charge is 2.26. The van der Waals surface area contributed by atoms with E-state index in [0.717, 1.165) is 46.1 Å². The Morgan fingerprint density at radius 2 is 2.06 bits per heavy atom. The van der Waals surface area contributed by atoms with Crippen LogP contribution in [-0.4, -0.2) is 28.9 Å². The number of nitriles is 1. The number of para-hydroxylation sites is 1. The minimum atomic E-state index is -0.290. The summed E-state index contributed by atoms with van der Waals surface area (Å²) in [6.07, 6.45) is 7.36. The van der Waals surface area contributed by atoms with Gasteiger partial charge in [-0.2, -0.15) is 10.4 Å². The minimum absolute atomic E-state index is 0.290. The van der Waals surface area contributed by atoms with Crippen molar-refractivity contribution in [1.29, 1.82) is 5.26 Å². The van der Waals surface area contributed by atoms with Crippen LogP contribution in [0.4, 0.5) is 0 Å². The highest BCUT2D eigenvalue weighted by Crippen LogP contribution is 2.34. The first-order valence-corrected chi connectivity index (χ1v) is 11.5. The number of rotatable bonds is 5. The van der Waals surface area contributed by atoms with E-state index in [9.17, 15) is 10.1 Å². The quantitative estimate of drug-likeness (QED) is 0.385. The Bertz CT molecular complexity index is 1680. The number of pyridine rings is 1. The third-order valence-electron chi connectivity index (χ3n) is 6.41. The van der Waals surface area contributed by atoms with E-state index in [-0.39, 0.29) is 5.69 Å². The van der Waals surface area contributed by atoms with Gasteiger partial charge in [-0.3, -0.25) is 14.2 Å². The molecule has 0 bridgehead atoms. The first-order valence-electron chi connectivity index (χ1n) is 11.1. The van der Waals surface area contributed by atoms with Crippen molar-refractivity contribution in [2.75, 3.05) is 0 Å². The molecule has 0 spiro atoms. The zero-order valence-corrected chi connectivity index (χ0v) is 19.2. The molecule has 5 aromatic rings. The Hall–Kier alpha value is -3.96. The third-order valence-corrected chi connectivity index (χ3v) is 6.71. The van der Waals surface area contributed by atoms with Crippen LogP contribution < -0.4 is 5.69 Å². The van der Waals surface area contributed by atoms with Gasteiger partial charge >= 0.3 is 5.69 Å². The number of aromatic nitrogens is 6. The number of halogens is 1. The monoisotopic (exact) mass is 469 g/mol. The van der Waals surface area contributed by atoms with Crippen molar-refractivity contribution in [3.63, 3.8) is 0 Å². The Balaban J connectivity index is 1.60. The molecule has 1 fully saturated rings. The van der Waals surface area contributed by atoms with Crippen LogP contribution in [0.3, 0.4) is 0 Å². The molecule has 0 N–H and O–H groups in total. The molecule has 9 heteroatoms. The van der Waals surface area contributed by atoms with Crippen LogP contribution in [0, 0.1) is 17.2 Å². The predicted octanol–water partition coefficient (Wildman–Crippen LogP) is 4.13. The number of aryl methyl sites for hydroxylation is 1. The van der Waals surface area contributed by atoms with E-state index in [4.69, 9.17) is 16.7 Å². The molecular formula is C25H20ClN7O. The number of fused-ring (bicyclic) bond motifs is 2. The summed E-state index contributed by atoms with van der Waals surface area (Å²) in [6, 6.07) is 11.7. The van der Waals surface area contributed by atoms with Crippen LogP contribution in [-0.2, 0) is 20.1 Å². The summed E-state index contributed by atoms with van der Waals surface area (Å²) in [5.41, 5.74) is 4.24. The van der Waals surface area contributed by atoms with Gasteiger partial charge in [0.25, 0.3) is 0 Å². The van der Waals surface area contributed by atoms with Crippen LogP contribution in [0.1, 0.15) is 24.0 Å². The zero-order chi connectivity index (χ0) is 23.4. The van der Waals surface area contributed by atoms with Crippen molar-refractivity contribution in [2.45, 2.75) is 25.9 Å². The minimum Gasteiger partial charge on any atom is -0.348 e. The van der Waals surface area contributed by atoms with Gasteiger partial charge in [0, 0.05) is 37.6 Å². The second kappa shape index (κ2) is 7.82. The van der Waals surface area contributed by atoms with E-state index in [1.165, 1.54) is 0 Å². The van der Waals surface area contributed by atoms with E-state index >= 15 is 0 Å². The lowest BCUT2D eigenvalue weighted by Gasteiger charge is -2.11. The fourth-order valence-corrected chi connectivity index (χ4v) is 4.75. The van der Waals surface area contributed by atoms with Crippen LogP contribution >= 0.6 is 11.6 Å². The Morgan fingerprint density at radius 1 is 1.21 bits per heavy atom. The smallest absolute Gasteiger partial charge is 0.348 e. The lowest BCUT2D eigenvalue weighted by atomic mass is 10.1. The van der Waals surface area contributed by atoms with Gasteiger partial charge in [-0.05, 0) is 42.5 Å². The van der Waals surface area contributed by atoms with Crippen molar-refractivity contribution < 1.29 is 0 Å². The Labute approximate surface area is 199 Å². The molecule has 0 radical (unpaired) electrons. The SMILES string of the molecule is Cn1cc(C#N)cc1-c1c2cnc(=O)n(CC3CC3)c2nn1Cc1ccnc2c(Cl)cccc12. The van der Waals surface area contributed by atoms with E-state index < -0.39 is 0 Å². The molecule has 0 amide bonds. The summed E-state index contributed by atoms with van der Waals surface area (Å²) >= 11 is 6.39. The van der Waals surface area contributed by atoms with Crippen molar-refractivity contribution in [2.24, 2.45) is 13.0 Å². The van der Waals surface area contributed by atoms with Crippen molar-refractivity contribution >= 4 is 33.5 Å². The van der Waals surface area contributed by atoms with Gasteiger partial charge in [0.05, 0.1) is 39.4 Å². The maximum Gasteiger partial charge on any atom is 0.349 e. The summed E-state index contributed by atoms with van der Waals surface area (Å²) in [7, 11) is 1.90. The van der Waals surface area contributed by atoms with E-state index in [0.29, 0.717) is 35.2 Å². The molecule has 1 saturated carbocycles. The summed E-state index contributed by atoms with van der Waals surface area (Å²) in [6.45, 7) is 1.05. The maximum absolute atomic E-state index is 12.7. The number of benzene rings is 1. The molecule has 0 atom stereocenters. The molecule has 0 unspecified atom stereocenters. The van der Waals surface area contributed by atoms with Gasteiger partial charge < -0.3 is 4.57 Å². The summed E-state index contributed by atoms with van der Waals surface area (Å²) < 4.78 is 5.48. The predicted molar refractivity (Wildman–Crippen MR) is 129 cm³/mol. The van der Waals surface area contributed by atoms with Gasteiger partial charge in [-0.1, -0.05) is 23.7 Å². The average molecular weight is 470 g/mol. The fourth-order valence-electron chi connectivity index (χ4n) is 4.53. The molecule has 6 rings (SSSR count). The topological polar surface area (TPSA) is 94.3 Å². The Kier molecular flexibility index (Phi) is 4.74. The number of hydrogen-bond donors (Lipinski definition) is 0. The molecule has 1 aromatic carbocycles. The number of hydrogen-bond acceptors (Lipinski definition) is 5. The van der Waals surface area contributed by atoms with Crippen molar-refractivity contribution in [3.8, 4) is 17.5 Å². The largest absolute Gasteiger partial charge is 0.349 e. The van der Waals surface area contributed by atoms with E-state index in [1.54, 1.807) is 23.2 Å². The summed E-state index contributed by atoms with van der Waals surface area (Å²) in [5, 5.41) is 16.7. The molecule has 168 valence electrons. The lowest BCUT2D eigenvalue weighted by Crippen LogP contribution is -2.23. The maximum atomic E-state index is 12.7. The fraction of sp³-hybridized carbons (Fsp3) is 0.240. The molecule has 34 heavy (non-hydrogen) atoms. The molecular weight excluding hydrogens is 450 g/mol. The van der Waals surface area contributed by atoms with Crippen LogP contribution in [0.5, 0.6) is 0 Å². The Morgan fingerprint density at radius 3 is 2.82 bits per heavy atom. The first kappa shape index (κ1) is 20.6. The molecule has 4 heterocycles. The van der Waals surface area contributed by atoms with Crippen LogP contribution in [0.25, 0.3) is 33.3 Å². The van der Waals surface area contributed by atoms with Gasteiger partial charge in [0.15, 0.2) is 5.65 Å². The lowest BCUT2D eigenvalue weighted by molar-refractivity contribution is 0.599. The highest BCUT2D eigenvalue weighted by atomic mass is 35.5. The molecule has 1 aliphatic rings. The first-order chi connectivity index (χ1) is 16.5. The molecule has 0 aliphatic heterocycles. The van der Waals surface area contributed by atoms with Gasteiger partial charge in [-0.25, -0.2) is 9.78 Å².